The zero-order chi connectivity index (χ0) is 10.3. The minimum absolute atomic E-state index is 0.372. The maximum absolute atomic E-state index is 11.0. The molecule has 13 heavy (non-hydrogen) atoms. The van der Waals surface area contributed by atoms with E-state index in [-0.39, 0.29) is 5.91 Å². The van der Waals surface area contributed by atoms with E-state index in [9.17, 15) is 9.59 Å². The molecule has 0 spiro atoms. The molecular formula is C8H13NO3S. The molecule has 2 N–H and O–H groups in total. The lowest BCUT2D eigenvalue weighted by atomic mass is 10.2. The summed E-state index contributed by atoms with van der Waals surface area (Å²) in [5, 5.41) is 12.6. The Bertz CT molecular complexity index is 215. The van der Waals surface area contributed by atoms with Crippen LogP contribution in [0.25, 0.3) is 0 Å². The molecule has 0 fully saturated rings. The fourth-order valence-electron chi connectivity index (χ4n) is 0.688. The molecule has 1 unspecified atom stereocenters. The van der Waals surface area contributed by atoms with Crippen LogP contribution in [0.5, 0.6) is 0 Å². The zero-order valence-corrected chi connectivity index (χ0v) is 8.43. The molecule has 0 saturated carbocycles. The number of aliphatic carboxylic acids is 1. The van der Waals surface area contributed by atoms with Gasteiger partial charge in [-0.1, -0.05) is 6.92 Å². The molecule has 0 aromatic rings. The minimum Gasteiger partial charge on any atom is -0.480 e. The van der Waals surface area contributed by atoms with Gasteiger partial charge in [0.25, 0.3) is 0 Å². The molecule has 0 saturated heterocycles. The second-order valence-electron chi connectivity index (χ2n) is 2.35. The maximum Gasteiger partial charge on any atom is 0.326 e. The fourth-order valence-corrected chi connectivity index (χ4v) is 0.948. The van der Waals surface area contributed by atoms with E-state index in [1.165, 1.54) is 17.8 Å². The third-order valence-corrected chi connectivity index (χ3v) is 1.79. The number of carboxylic acids is 1. The Kier molecular flexibility index (Phi) is 6.05. The van der Waals surface area contributed by atoms with Gasteiger partial charge >= 0.3 is 5.97 Å². The Hall–Kier alpha value is -0.970. The van der Waals surface area contributed by atoms with Crippen LogP contribution in [0.3, 0.4) is 0 Å². The molecule has 1 atom stereocenters. The smallest absolute Gasteiger partial charge is 0.326 e. The SMILES string of the molecule is CCC(NC(=O)/C=C/SC)C(=O)O. The second-order valence-corrected chi connectivity index (χ2v) is 3.09. The van der Waals surface area contributed by atoms with Crippen molar-refractivity contribution in [3.63, 3.8) is 0 Å². The number of carboxylic acid groups (broad SMARTS) is 1. The van der Waals surface area contributed by atoms with Gasteiger partial charge in [0.1, 0.15) is 6.04 Å². The van der Waals surface area contributed by atoms with Gasteiger partial charge in [-0.05, 0) is 18.1 Å². The van der Waals surface area contributed by atoms with Crippen molar-refractivity contribution in [2.75, 3.05) is 6.26 Å². The number of carbonyl (C=O) groups is 2. The summed E-state index contributed by atoms with van der Waals surface area (Å²) < 4.78 is 0. The number of nitrogens with one attached hydrogen (secondary N) is 1. The molecule has 1 amide bonds. The summed E-state index contributed by atoms with van der Waals surface area (Å²) >= 11 is 1.38. The van der Waals surface area contributed by atoms with Crippen LogP contribution in [0.15, 0.2) is 11.5 Å². The second kappa shape index (κ2) is 6.54. The first-order valence-electron chi connectivity index (χ1n) is 3.84. The maximum atomic E-state index is 11.0. The van der Waals surface area contributed by atoms with Gasteiger partial charge in [-0.25, -0.2) is 4.79 Å². The van der Waals surface area contributed by atoms with Crippen molar-refractivity contribution in [1.82, 2.24) is 5.32 Å². The van der Waals surface area contributed by atoms with Crippen LogP contribution in [0.4, 0.5) is 0 Å². The van der Waals surface area contributed by atoms with E-state index in [0.717, 1.165) is 0 Å². The summed E-state index contributed by atoms with van der Waals surface area (Å²) in [6.07, 6.45) is 3.52. The van der Waals surface area contributed by atoms with E-state index >= 15 is 0 Å². The lowest BCUT2D eigenvalue weighted by molar-refractivity contribution is -0.141. The highest BCUT2D eigenvalue weighted by Gasteiger charge is 2.15. The Morgan fingerprint density at radius 3 is 2.62 bits per heavy atom. The van der Waals surface area contributed by atoms with Crippen molar-refractivity contribution >= 4 is 23.6 Å². The summed E-state index contributed by atoms with van der Waals surface area (Å²) in [5.74, 6) is -1.38. The largest absolute Gasteiger partial charge is 0.480 e. The van der Waals surface area contributed by atoms with Gasteiger partial charge in [0.05, 0.1) is 0 Å². The molecule has 0 aliphatic rings. The molecule has 4 nitrogen and oxygen atoms in total. The molecule has 0 aromatic carbocycles. The highest BCUT2D eigenvalue weighted by molar-refractivity contribution is 8.01. The van der Waals surface area contributed by atoms with E-state index in [1.54, 1.807) is 12.3 Å². The number of thioether (sulfide) groups is 1. The first kappa shape index (κ1) is 12.0. The van der Waals surface area contributed by atoms with Crippen LogP contribution < -0.4 is 5.32 Å². The highest BCUT2D eigenvalue weighted by atomic mass is 32.2. The zero-order valence-electron chi connectivity index (χ0n) is 7.61. The fraction of sp³-hybridized carbons (Fsp3) is 0.500. The van der Waals surface area contributed by atoms with E-state index < -0.39 is 12.0 Å². The van der Waals surface area contributed by atoms with Crippen LogP contribution in [-0.4, -0.2) is 29.3 Å². The van der Waals surface area contributed by atoms with Crippen molar-refractivity contribution in [1.29, 1.82) is 0 Å². The van der Waals surface area contributed by atoms with Crippen molar-refractivity contribution in [2.24, 2.45) is 0 Å². The van der Waals surface area contributed by atoms with Gasteiger partial charge in [-0.2, -0.15) is 0 Å². The molecule has 0 rings (SSSR count). The number of hydrogen-bond acceptors (Lipinski definition) is 3. The van der Waals surface area contributed by atoms with E-state index in [0.29, 0.717) is 6.42 Å². The van der Waals surface area contributed by atoms with Gasteiger partial charge in [0.15, 0.2) is 0 Å². The number of carbonyl (C=O) groups excluding carboxylic acids is 1. The Morgan fingerprint density at radius 2 is 2.23 bits per heavy atom. The van der Waals surface area contributed by atoms with Crippen LogP contribution in [-0.2, 0) is 9.59 Å². The van der Waals surface area contributed by atoms with Crippen LogP contribution in [0.1, 0.15) is 13.3 Å². The van der Waals surface area contributed by atoms with Crippen LogP contribution in [0, 0.1) is 0 Å². The lowest BCUT2D eigenvalue weighted by Crippen LogP contribution is -2.39. The van der Waals surface area contributed by atoms with Gasteiger partial charge in [-0.15, -0.1) is 11.8 Å². The van der Waals surface area contributed by atoms with Gasteiger partial charge in [0, 0.05) is 6.08 Å². The first-order valence-corrected chi connectivity index (χ1v) is 5.13. The molecule has 0 heterocycles. The summed E-state index contributed by atoms with van der Waals surface area (Å²) in [5.41, 5.74) is 0. The summed E-state index contributed by atoms with van der Waals surface area (Å²) in [6.45, 7) is 1.71. The molecule has 0 aliphatic heterocycles. The Morgan fingerprint density at radius 1 is 1.62 bits per heavy atom. The molecular weight excluding hydrogens is 190 g/mol. The van der Waals surface area contributed by atoms with E-state index in [4.69, 9.17) is 5.11 Å². The summed E-state index contributed by atoms with van der Waals surface area (Å²) in [6, 6.07) is -0.793. The molecule has 74 valence electrons. The predicted octanol–water partition coefficient (Wildman–Crippen LogP) is 0.843. The lowest BCUT2D eigenvalue weighted by Gasteiger charge is -2.09. The summed E-state index contributed by atoms with van der Waals surface area (Å²) in [4.78, 5) is 21.5. The third-order valence-electron chi connectivity index (χ3n) is 1.38. The minimum atomic E-state index is -1.01. The number of rotatable bonds is 5. The van der Waals surface area contributed by atoms with E-state index in [1.807, 2.05) is 6.26 Å². The monoisotopic (exact) mass is 203 g/mol. The van der Waals surface area contributed by atoms with Crippen molar-refractivity contribution < 1.29 is 14.7 Å². The standard InChI is InChI=1S/C8H13NO3S/c1-3-6(8(11)12)9-7(10)4-5-13-2/h4-6H,3H2,1-2H3,(H,9,10)(H,11,12)/b5-4+. The topological polar surface area (TPSA) is 66.4 Å². The van der Waals surface area contributed by atoms with Gasteiger partial charge in [-0.3, -0.25) is 4.79 Å². The Balaban J connectivity index is 4.01. The van der Waals surface area contributed by atoms with E-state index in [2.05, 4.69) is 5.32 Å². The van der Waals surface area contributed by atoms with Gasteiger partial charge < -0.3 is 10.4 Å². The molecule has 5 heteroatoms. The van der Waals surface area contributed by atoms with Crippen LogP contribution in [0.2, 0.25) is 0 Å². The quantitative estimate of drug-likeness (QED) is 0.650. The normalized spacial score (nSPS) is 12.8. The van der Waals surface area contributed by atoms with Crippen molar-refractivity contribution in [3.8, 4) is 0 Å². The van der Waals surface area contributed by atoms with Gasteiger partial charge in [0.2, 0.25) is 5.91 Å². The number of amides is 1. The third kappa shape index (κ3) is 5.30. The molecule has 0 radical (unpaired) electrons. The highest BCUT2D eigenvalue weighted by Crippen LogP contribution is 1.94. The predicted molar refractivity (Wildman–Crippen MR) is 52.5 cm³/mol. The average molecular weight is 203 g/mol. The van der Waals surface area contributed by atoms with Crippen LogP contribution >= 0.6 is 11.8 Å². The Labute approximate surface area is 81.4 Å². The molecule has 0 aliphatic carbocycles. The summed E-state index contributed by atoms with van der Waals surface area (Å²) in [7, 11) is 0. The van der Waals surface area contributed by atoms with Crippen molar-refractivity contribution in [2.45, 2.75) is 19.4 Å². The average Bonchev–Trinajstić information content (AvgIpc) is 2.10. The first-order chi connectivity index (χ1) is 6.11. The number of hydrogen-bond donors (Lipinski definition) is 2. The van der Waals surface area contributed by atoms with Crippen molar-refractivity contribution in [3.05, 3.63) is 11.5 Å². The molecule has 0 bridgehead atoms. The molecule has 0 aromatic heterocycles.